The van der Waals surface area contributed by atoms with E-state index in [2.05, 4.69) is 15.1 Å². The quantitative estimate of drug-likeness (QED) is 0.396. The van der Waals surface area contributed by atoms with E-state index in [9.17, 15) is 13.2 Å². The number of nitrogens with one attached hydrogen (secondary N) is 2. The number of para-hydroxylation sites is 1. The minimum absolute atomic E-state index is 0.0668. The number of aryl methyl sites for hydroxylation is 1. The number of sulfonamides is 1. The lowest BCUT2D eigenvalue weighted by atomic mass is 10.2. The van der Waals surface area contributed by atoms with Crippen LogP contribution in [0, 0.1) is 6.92 Å². The van der Waals surface area contributed by atoms with Crippen LogP contribution < -0.4 is 10.0 Å². The van der Waals surface area contributed by atoms with E-state index < -0.39 is 10.0 Å². The van der Waals surface area contributed by atoms with Crippen molar-refractivity contribution in [2.75, 3.05) is 10.0 Å². The zero-order valence-corrected chi connectivity index (χ0v) is 19.3. The minimum atomic E-state index is -3.88. The van der Waals surface area contributed by atoms with Crippen LogP contribution in [-0.2, 0) is 21.2 Å². The third kappa shape index (κ3) is 5.60. The van der Waals surface area contributed by atoms with Crippen molar-refractivity contribution in [3.8, 4) is 5.69 Å². The van der Waals surface area contributed by atoms with Crippen LogP contribution in [0.15, 0.2) is 90.1 Å². The number of carbonyl (C=O) groups excluding carboxylic acids is 1. The number of halogens is 1. The van der Waals surface area contributed by atoms with E-state index in [0.717, 1.165) is 11.3 Å². The molecule has 1 aromatic heterocycles. The third-order valence-corrected chi connectivity index (χ3v) is 6.62. The topological polar surface area (TPSA) is 93.1 Å². The number of aromatic nitrogens is 2. The van der Waals surface area contributed by atoms with Gasteiger partial charge in [-0.25, -0.2) is 13.1 Å². The van der Waals surface area contributed by atoms with Gasteiger partial charge in [0.25, 0.3) is 10.0 Å². The number of amides is 1. The van der Waals surface area contributed by atoms with Gasteiger partial charge in [0, 0.05) is 16.9 Å². The predicted molar refractivity (Wildman–Crippen MR) is 129 cm³/mol. The van der Waals surface area contributed by atoms with Gasteiger partial charge >= 0.3 is 0 Å². The fourth-order valence-electron chi connectivity index (χ4n) is 3.29. The lowest BCUT2D eigenvalue weighted by Gasteiger charge is -2.13. The first-order valence-electron chi connectivity index (χ1n) is 10.1. The van der Waals surface area contributed by atoms with Crippen LogP contribution in [0.25, 0.3) is 5.69 Å². The van der Waals surface area contributed by atoms with Crippen molar-refractivity contribution in [3.05, 3.63) is 101 Å². The molecule has 4 aromatic rings. The standard InChI is InChI=1S/C24H21ClN4O3S/c1-17-10-11-20(14-23(17)33(31,32)28-21-7-5-6-19(25)13-21)27-24(30)12-18-15-26-29(16-18)22-8-3-2-4-9-22/h2-11,13-16,28H,12H2,1H3,(H,27,30). The summed E-state index contributed by atoms with van der Waals surface area (Å²) in [6, 6.07) is 20.8. The average molecular weight is 481 g/mol. The highest BCUT2D eigenvalue weighted by atomic mass is 35.5. The Morgan fingerprint density at radius 1 is 1.00 bits per heavy atom. The molecule has 1 heterocycles. The van der Waals surface area contributed by atoms with Gasteiger partial charge in [-0.15, -0.1) is 0 Å². The molecule has 0 unspecified atom stereocenters. The van der Waals surface area contributed by atoms with Crippen molar-refractivity contribution in [1.29, 1.82) is 0 Å². The molecule has 33 heavy (non-hydrogen) atoms. The Bertz CT molecular complexity index is 1400. The Kier molecular flexibility index (Phi) is 6.48. The second kappa shape index (κ2) is 9.48. The summed E-state index contributed by atoms with van der Waals surface area (Å²) in [5.74, 6) is -0.280. The van der Waals surface area contributed by atoms with Crippen molar-refractivity contribution in [2.24, 2.45) is 0 Å². The van der Waals surface area contributed by atoms with Crippen molar-refractivity contribution >= 4 is 38.9 Å². The summed E-state index contributed by atoms with van der Waals surface area (Å²) in [6.45, 7) is 1.69. The van der Waals surface area contributed by atoms with Gasteiger partial charge in [0.05, 0.1) is 28.9 Å². The van der Waals surface area contributed by atoms with Gasteiger partial charge in [0.15, 0.2) is 0 Å². The zero-order chi connectivity index (χ0) is 23.4. The highest BCUT2D eigenvalue weighted by Gasteiger charge is 2.18. The van der Waals surface area contributed by atoms with Crippen molar-refractivity contribution in [1.82, 2.24) is 9.78 Å². The van der Waals surface area contributed by atoms with E-state index in [0.29, 0.717) is 22.0 Å². The van der Waals surface area contributed by atoms with Crippen molar-refractivity contribution < 1.29 is 13.2 Å². The Morgan fingerprint density at radius 2 is 1.79 bits per heavy atom. The summed E-state index contributed by atoms with van der Waals surface area (Å²) in [7, 11) is -3.88. The summed E-state index contributed by atoms with van der Waals surface area (Å²) in [4.78, 5) is 12.6. The summed E-state index contributed by atoms with van der Waals surface area (Å²) in [6.07, 6.45) is 3.52. The highest BCUT2D eigenvalue weighted by Crippen LogP contribution is 2.24. The number of benzene rings is 3. The fourth-order valence-corrected chi connectivity index (χ4v) is 4.80. The molecule has 0 radical (unpaired) electrons. The average Bonchev–Trinajstić information content (AvgIpc) is 3.23. The molecule has 0 aliphatic carbocycles. The lowest BCUT2D eigenvalue weighted by Crippen LogP contribution is -2.17. The van der Waals surface area contributed by atoms with Crippen LogP contribution >= 0.6 is 11.6 Å². The molecular weight excluding hydrogens is 460 g/mol. The number of rotatable bonds is 7. The maximum absolute atomic E-state index is 12.9. The molecule has 4 rings (SSSR count). The maximum Gasteiger partial charge on any atom is 0.262 e. The molecule has 1 amide bonds. The van der Waals surface area contributed by atoms with E-state index in [1.807, 2.05) is 30.3 Å². The molecule has 0 atom stereocenters. The molecular formula is C24H21ClN4O3S. The molecule has 9 heteroatoms. The molecule has 2 N–H and O–H groups in total. The highest BCUT2D eigenvalue weighted by molar-refractivity contribution is 7.92. The minimum Gasteiger partial charge on any atom is -0.326 e. The van der Waals surface area contributed by atoms with Gasteiger partial charge < -0.3 is 5.32 Å². The molecule has 0 spiro atoms. The van der Waals surface area contributed by atoms with Crippen LogP contribution in [0.1, 0.15) is 11.1 Å². The number of hydrogen-bond donors (Lipinski definition) is 2. The molecule has 0 saturated heterocycles. The molecule has 0 aliphatic heterocycles. The van der Waals surface area contributed by atoms with Gasteiger partial charge in [-0.2, -0.15) is 5.10 Å². The van der Waals surface area contributed by atoms with Gasteiger partial charge in [-0.1, -0.05) is 41.9 Å². The SMILES string of the molecule is Cc1ccc(NC(=O)Cc2cnn(-c3ccccc3)c2)cc1S(=O)(=O)Nc1cccc(Cl)c1. The zero-order valence-electron chi connectivity index (χ0n) is 17.7. The van der Waals surface area contributed by atoms with Gasteiger partial charge in [-0.3, -0.25) is 9.52 Å². The van der Waals surface area contributed by atoms with Crippen molar-refractivity contribution in [3.63, 3.8) is 0 Å². The summed E-state index contributed by atoms with van der Waals surface area (Å²) in [5.41, 5.74) is 2.91. The summed E-state index contributed by atoms with van der Waals surface area (Å²) >= 11 is 5.95. The molecule has 0 fully saturated rings. The molecule has 0 aliphatic rings. The molecule has 0 bridgehead atoms. The molecule has 168 valence electrons. The van der Waals surface area contributed by atoms with Gasteiger partial charge in [0.1, 0.15) is 0 Å². The van der Waals surface area contributed by atoms with E-state index in [1.54, 1.807) is 54.3 Å². The fraction of sp³-hybridized carbons (Fsp3) is 0.0833. The Hall–Kier alpha value is -3.62. The second-order valence-electron chi connectivity index (χ2n) is 7.45. The Balaban J connectivity index is 1.47. The van der Waals surface area contributed by atoms with Crippen molar-refractivity contribution in [2.45, 2.75) is 18.2 Å². The van der Waals surface area contributed by atoms with E-state index >= 15 is 0 Å². The number of hydrogen-bond acceptors (Lipinski definition) is 4. The van der Waals surface area contributed by atoms with Crippen LogP contribution in [0.3, 0.4) is 0 Å². The Morgan fingerprint density at radius 3 is 2.55 bits per heavy atom. The predicted octanol–water partition coefficient (Wildman–Crippen LogP) is 4.82. The third-order valence-electron chi connectivity index (χ3n) is 4.86. The molecule has 3 aromatic carbocycles. The first kappa shape index (κ1) is 22.6. The summed E-state index contributed by atoms with van der Waals surface area (Å²) < 4.78 is 30.1. The van der Waals surface area contributed by atoms with Crippen LogP contribution in [-0.4, -0.2) is 24.1 Å². The summed E-state index contributed by atoms with van der Waals surface area (Å²) in [5, 5.41) is 7.47. The molecule has 0 saturated carbocycles. The number of anilines is 2. The largest absolute Gasteiger partial charge is 0.326 e. The molecule has 7 nitrogen and oxygen atoms in total. The second-order valence-corrected chi connectivity index (χ2v) is 9.54. The Labute approximate surface area is 197 Å². The normalized spacial score (nSPS) is 11.2. The van der Waals surface area contributed by atoms with Gasteiger partial charge in [0.2, 0.25) is 5.91 Å². The van der Waals surface area contributed by atoms with Crippen LogP contribution in [0.2, 0.25) is 5.02 Å². The lowest BCUT2D eigenvalue weighted by molar-refractivity contribution is -0.115. The monoisotopic (exact) mass is 480 g/mol. The van der Waals surface area contributed by atoms with E-state index in [4.69, 9.17) is 11.6 Å². The number of nitrogens with zero attached hydrogens (tertiary/aromatic N) is 2. The first-order valence-corrected chi connectivity index (χ1v) is 11.9. The number of carbonyl (C=O) groups is 1. The van der Waals surface area contributed by atoms with Gasteiger partial charge in [-0.05, 0) is 60.5 Å². The van der Waals surface area contributed by atoms with Crippen LogP contribution in [0.4, 0.5) is 11.4 Å². The maximum atomic E-state index is 12.9. The first-order chi connectivity index (χ1) is 15.8. The van der Waals surface area contributed by atoms with E-state index in [-0.39, 0.29) is 17.2 Å². The van der Waals surface area contributed by atoms with Crippen LogP contribution in [0.5, 0.6) is 0 Å². The smallest absolute Gasteiger partial charge is 0.262 e. The van der Waals surface area contributed by atoms with E-state index in [1.165, 1.54) is 12.1 Å².